The largest absolute Gasteiger partial charge is 0.507 e. The number of aliphatic hydroxyl groups excluding tert-OH is 1. The van der Waals surface area contributed by atoms with Crippen LogP contribution in [0.1, 0.15) is 27.4 Å². The van der Waals surface area contributed by atoms with Crippen LogP contribution >= 0.6 is 0 Å². The van der Waals surface area contributed by atoms with Crippen LogP contribution in [0.25, 0.3) is 0 Å². The summed E-state index contributed by atoms with van der Waals surface area (Å²) < 4.78 is 13.6. The Bertz CT molecular complexity index is 1420. The number of aliphatic hydroxyl groups is 2. The van der Waals surface area contributed by atoms with Crippen molar-refractivity contribution in [1.29, 1.82) is 0 Å². The molecular weight excluding hydrogens is 511 g/mol. The van der Waals surface area contributed by atoms with Crippen molar-refractivity contribution in [3.05, 3.63) is 65.0 Å². The van der Waals surface area contributed by atoms with Crippen LogP contribution in [-0.2, 0) is 25.6 Å². The van der Waals surface area contributed by atoms with Crippen molar-refractivity contribution in [2.24, 2.45) is 29.4 Å². The number of primary amides is 1. The van der Waals surface area contributed by atoms with Gasteiger partial charge < -0.3 is 21.1 Å². The molecule has 3 unspecified atom stereocenters. The lowest BCUT2D eigenvalue weighted by atomic mass is 9.49. The molecule has 0 saturated heterocycles. The van der Waals surface area contributed by atoms with Crippen molar-refractivity contribution in [1.82, 2.24) is 4.90 Å². The number of nitrogens with zero attached hydrogens (tertiary/aromatic N) is 1. The normalized spacial score (nSPS) is 33.9. The summed E-state index contributed by atoms with van der Waals surface area (Å²) in [6.45, 7) is 0. The molecule has 0 radical (unpaired) electrons. The summed E-state index contributed by atoms with van der Waals surface area (Å²) in [5, 5.41) is 34.2. The zero-order chi connectivity index (χ0) is 28.5. The second-order valence-electron chi connectivity index (χ2n) is 10.8. The third kappa shape index (κ3) is 3.68. The number of aromatic hydroxyl groups is 1. The van der Waals surface area contributed by atoms with Crippen molar-refractivity contribution < 1.29 is 43.7 Å². The first-order valence-corrected chi connectivity index (χ1v) is 12.4. The van der Waals surface area contributed by atoms with Crippen LogP contribution in [-0.4, -0.2) is 81.1 Å². The minimum Gasteiger partial charge on any atom is -0.507 e. The third-order valence-corrected chi connectivity index (χ3v) is 8.52. The molecule has 2 fully saturated rings. The summed E-state index contributed by atoms with van der Waals surface area (Å²) in [5.41, 5.74) is 2.98. The van der Waals surface area contributed by atoms with Crippen molar-refractivity contribution in [2.75, 3.05) is 14.1 Å². The number of nitrogens with two attached hydrogens (primary N) is 1. The van der Waals surface area contributed by atoms with Gasteiger partial charge in [-0.05, 0) is 55.8 Å². The van der Waals surface area contributed by atoms with Gasteiger partial charge in [0.2, 0.25) is 5.91 Å². The van der Waals surface area contributed by atoms with Gasteiger partial charge in [0, 0.05) is 5.92 Å². The molecule has 1 amide bonds. The molecule has 2 aromatic rings. The first-order chi connectivity index (χ1) is 18.3. The lowest BCUT2D eigenvalue weighted by Gasteiger charge is -2.56. The molecule has 5 rings (SSSR count). The lowest BCUT2D eigenvalue weighted by Crippen LogP contribution is -2.77. The van der Waals surface area contributed by atoms with E-state index in [-0.39, 0.29) is 12.0 Å². The first-order valence-electron chi connectivity index (χ1n) is 12.4. The van der Waals surface area contributed by atoms with Crippen LogP contribution in [0.3, 0.4) is 0 Å². The molecule has 39 heavy (non-hydrogen) atoms. The number of ketones is 4. The Morgan fingerprint density at radius 2 is 1.69 bits per heavy atom. The Hall–Kier alpha value is -3.80. The SMILES string of the molecule is CN(C)[C@@H]1C(=O)C(C(N)=O)C(=O)[C@@]2(O)C(=O)C3C(=O)c4c(O)cccc4C(Cc4ccc(F)cc4)[C@H]3[C@H](O)[C@@H]12. The molecule has 0 heterocycles. The molecule has 0 aromatic heterocycles. The topological polar surface area (TPSA) is 175 Å². The maximum absolute atomic E-state index is 14.1. The number of Topliss-reactive ketones (excluding diaryl/α,β-unsaturated/α-hetero) is 4. The lowest BCUT2D eigenvalue weighted by molar-refractivity contribution is -0.197. The van der Waals surface area contributed by atoms with Crippen molar-refractivity contribution in [2.45, 2.75) is 30.1 Å². The minimum atomic E-state index is -3.07. The van der Waals surface area contributed by atoms with Gasteiger partial charge >= 0.3 is 0 Å². The zero-order valence-corrected chi connectivity index (χ0v) is 21.1. The van der Waals surface area contributed by atoms with Crippen LogP contribution < -0.4 is 5.73 Å². The van der Waals surface area contributed by atoms with Crippen LogP contribution in [0.5, 0.6) is 5.75 Å². The molecule has 3 aliphatic carbocycles. The number of carbonyl (C=O) groups excluding carboxylic acids is 5. The number of phenolic OH excluding ortho intramolecular Hbond substituents is 1. The number of amides is 1. The number of benzene rings is 2. The van der Waals surface area contributed by atoms with Gasteiger partial charge in [-0.25, -0.2) is 4.39 Å². The highest BCUT2D eigenvalue weighted by Crippen LogP contribution is 2.55. The highest BCUT2D eigenvalue weighted by molar-refractivity contribution is 6.32. The standard InChI is InChI=1S/C28H27FN2O8/c1-31(2)21-20-23(34)17-14(10-11-6-8-12(29)9-7-11)13-4-3-5-15(32)16(13)22(33)18(17)25(36)28(20,39)26(37)19(24(21)35)27(30)38/h3-9,14,17-21,23,32,34,39H,10H2,1-2H3,(H2,30,38)/t14?,17-,18?,19?,20-,21+,23+,28+/m1/s1. The molecule has 0 aliphatic heterocycles. The van der Waals surface area contributed by atoms with Gasteiger partial charge in [-0.15, -0.1) is 0 Å². The summed E-state index contributed by atoms with van der Waals surface area (Å²) in [5.74, 6) is -14.5. The van der Waals surface area contributed by atoms with Gasteiger partial charge in [-0.3, -0.25) is 28.9 Å². The molecule has 3 aliphatic rings. The Morgan fingerprint density at radius 3 is 2.28 bits per heavy atom. The number of hydrogen-bond donors (Lipinski definition) is 4. The number of carbonyl (C=O) groups is 5. The fraction of sp³-hybridized carbons (Fsp3) is 0.393. The summed E-state index contributed by atoms with van der Waals surface area (Å²) in [7, 11) is 2.85. The second-order valence-corrected chi connectivity index (χ2v) is 10.8. The zero-order valence-electron chi connectivity index (χ0n) is 21.1. The summed E-state index contributed by atoms with van der Waals surface area (Å²) >= 11 is 0. The highest BCUT2D eigenvalue weighted by Gasteiger charge is 2.73. The first kappa shape index (κ1) is 26.8. The highest BCUT2D eigenvalue weighted by atomic mass is 19.1. The third-order valence-electron chi connectivity index (χ3n) is 8.52. The summed E-state index contributed by atoms with van der Waals surface area (Å²) in [4.78, 5) is 68.0. The molecule has 0 spiro atoms. The van der Waals surface area contributed by atoms with E-state index in [9.17, 15) is 43.7 Å². The molecule has 204 valence electrons. The fourth-order valence-electron chi connectivity index (χ4n) is 6.89. The van der Waals surface area contributed by atoms with E-state index in [1.807, 2.05) is 0 Å². The average Bonchev–Trinajstić information content (AvgIpc) is 2.86. The van der Waals surface area contributed by atoms with Crippen LogP contribution in [0, 0.1) is 29.5 Å². The molecule has 2 saturated carbocycles. The molecule has 8 atom stereocenters. The summed E-state index contributed by atoms with van der Waals surface area (Å²) in [6.07, 6.45) is -1.66. The number of halogens is 1. The van der Waals surface area contributed by atoms with E-state index in [4.69, 9.17) is 5.73 Å². The predicted octanol–water partition coefficient (Wildman–Crippen LogP) is -0.239. The Kier molecular flexibility index (Phi) is 6.28. The van der Waals surface area contributed by atoms with Gasteiger partial charge in [0.25, 0.3) is 0 Å². The number of rotatable bonds is 4. The molecule has 5 N–H and O–H groups in total. The van der Waals surface area contributed by atoms with Gasteiger partial charge in [0.1, 0.15) is 11.6 Å². The maximum Gasteiger partial charge on any atom is 0.235 e. The van der Waals surface area contributed by atoms with Gasteiger partial charge in [-0.1, -0.05) is 24.3 Å². The monoisotopic (exact) mass is 538 g/mol. The number of likely N-dealkylation sites (N-methyl/N-ethyl adjacent to an activating group) is 1. The van der Waals surface area contributed by atoms with Crippen molar-refractivity contribution >= 4 is 29.0 Å². The fourth-order valence-corrected chi connectivity index (χ4v) is 6.89. The quantitative estimate of drug-likeness (QED) is 0.383. The molecule has 11 heteroatoms. The summed E-state index contributed by atoms with van der Waals surface area (Å²) in [6, 6.07) is 8.33. The van der Waals surface area contributed by atoms with E-state index >= 15 is 0 Å². The van der Waals surface area contributed by atoms with E-state index in [0.29, 0.717) is 11.1 Å². The molecular formula is C28H27FN2O8. The molecule has 2 aromatic carbocycles. The van der Waals surface area contributed by atoms with E-state index in [1.54, 1.807) is 6.07 Å². The van der Waals surface area contributed by atoms with Gasteiger partial charge in [0.05, 0.1) is 29.5 Å². The Morgan fingerprint density at radius 1 is 1.05 bits per heavy atom. The average molecular weight is 539 g/mol. The van der Waals surface area contributed by atoms with Gasteiger partial charge in [-0.2, -0.15) is 0 Å². The van der Waals surface area contributed by atoms with Gasteiger partial charge in [0.15, 0.2) is 34.7 Å². The van der Waals surface area contributed by atoms with Crippen LogP contribution in [0.2, 0.25) is 0 Å². The van der Waals surface area contributed by atoms with Crippen molar-refractivity contribution in [3.63, 3.8) is 0 Å². The Balaban J connectivity index is 1.73. The van der Waals surface area contributed by atoms with E-state index in [1.165, 1.54) is 55.4 Å². The number of hydrogen-bond acceptors (Lipinski definition) is 9. The van der Waals surface area contributed by atoms with Crippen molar-refractivity contribution in [3.8, 4) is 5.75 Å². The smallest absolute Gasteiger partial charge is 0.235 e. The number of fused-ring (bicyclic) bond motifs is 3. The number of phenols is 1. The Labute approximate surface area is 222 Å². The second kappa shape index (κ2) is 9.15. The molecule has 10 nitrogen and oxygen atoms in total. The van der Waals surface area contributed by atoms with E-state index < -0.39 is 87.9 Å². The van der Waals surface area contributed by atoms with Crippen LogP contribution in [0.15, 0.2) is 42.5 Å². The predicted molar refractivity (Wildman–Crippen MR) is 132 cm³/mol. The van der Waals surface area contributed by atoms with E-state index in [2.05, 4.69) is 0 Å². The maximum atomic E-state index is 14.1. The minimum absolute atomic E-state index is 0.0963. The van der Waals surface area contributed by atoms with Crippen LogP contribution in [0.4, 0.5) is 4.39 Å². The van der Waals surface area contributed by atoms with E-state index in [0.717, 1.165) is 0 Å². The molecule has 0 bridgehead atoms.